The van der Waals surface area contributed by atoms with E-state index in [4.69, 9.17) is 14.4 Å². The topological polar surface area (TPSA) is 64.7 Å². The van der Waals surface area contributed by atoms with Gasteiger partial charge in [-0.2, -0.15) is 0 Å². The summed E-state index contributed by atoms with van der Waals surface area (Å²) >= 11 is 0. The van der Waals surface area contributed by atoms with E-state index in [0.717, 1.165) is 34.0 Å². The molecule has 4 rings (SSSR count). The zero-order valence-electron chi connectivity index (χ0n) is 15.8. The lowest BCUT2D eigenvalue weighted by Crippen LogP contribution is -2.07. The monoisotopic (exact) mass is 410 g/mol. The Kier molecular flexibility index (Phi) is 6.67. The van der Waals surface area contributed by atoms with Crippen LogP contribution in [0.2, 0.25) is 0 Å². The van der Waals surface area contributed by atoms with Crippen LogP contribution in [0.4, 0.5) is 4.39 Å². The fraction of sp³-hybridized carbons (Fsp3) is 0.182. The van der Waals surface area contributed by atoms with Gasteiger partial charge in [-0.25, -0.2) is 14.4 Å². The third-order valence-corrected chi connectivity index (χ3v) is 4.55. The Bertz CT molecular complexity index is 1040. The quantitative estimate of drug-likeness (QED) is 0.446. The average molecular weight is 411 g/mol. The Morgan fingerprint density at radius 2 is 1.86 bits per heavy atom. The van der Waals surface area contributed by atoms with E-state index in [9.17, 15) is 4.39 Å². The molecule has 3 aromatic heterocycles. The molecule has 3 heterocycles. The first-order valence-electron chi connectivity index (χ1n) is 9.07. The van der Waals surface area contributed by atoms with Gasteiger partial charge in [0.15, 0.2) is 0 Å². The molecule has 0 N–H and O–H groups in total. The van der Waals surface area contributed by atoms with Crippen LogP contribution in [0.15, 0.2) is 71.9 Å². The summed E-state index contributed by atoms with van der Waals surface area (Å²) in [4.78, 5) is 17.9. The Morgan fingerprint density at radius 1 is 1.03 bits per heavy atom. The molecule has 0 unspecified atom stereocenters. The highest BCUT2D eigenvalue weighted by molar-refractivity contribution is 5.85. The second kappa shape index (κ2) is 9.39. The van der Waals surface area contributed by atoms with E-state index in [0.29, 0.717) is 12.8 Å². The molecule has 0 bridgehead atoms. The van der Waals surface area contributed by atoms with Crippen molar-refractivity contribution < 1.29 is 8.81 Å². The van der Waals surface area contributed by atoms with Crippen molar-refractivity contribution in [1.29, 1.82) is 0 Å². The van der Waals surface area contributed by atoms with Gasteiger partial charge in [0.1, 0.15) is 11.6 Å². The fourth-order valence-corrected chi connectivity index (χ4v) is 3.08. The van der Waals surface area contributed by atoms with Crippen molar-refractivity contribution in [2.45, 2.75) is 25.7 Å². The van der Waals surface area contributed by atoms with Gasteiger partial charge in [0.2, 0.25) is 0 Å². The maximum absolute atomic E-state index is 13.2. The molecule has 0 fully saturated rings. The first kappa shape index (κ1) is 20.6. The van der Waals surface area contributed by atoms with E-state index in [1.54, 1.807) is 43.2 Å². The Hall–Kier alpha value is -3.12. The maximum atomic E-state index is 13.2. The molecular weight excluding hydrogens is 391 g/mol. The molecule has 0 saturated heterocycles. The zero-order valence-corrected chi connectivity index (χ0v) is 16.6. The molecular formula is C22H20ClFN4O. The summed E-state index contributed by atoms with van der Waals surface area (Å²) in [6, 6.07) is 10.4. The minimum Gasteiger partial charge on any atom is -0.472 e. The van der Waals surface area contributed by atoms with Crippen molar-refractivity contribution in [3.05, 3.63) is 96.1 Å². The van der Waals surface area contributed by atoms with E-state index in [1.165, 1.54) is 12.1 Å². The van der Waals surface area contributed by atoms with Crippen molar-refractivity contribution in [2.24, 2.45) is 0 Å². The van der Waals surface area contributed by atoms with Crippen molar-refractivity contribution in [2.75, 3.05) is 0 Å². The van der Waals surface area contributed by atoms with E-state index < -0.39 is 0 Å². The lowest BCUT2D eigenvalue weighted by Gasteiger charge is -2.13. The minimum atomic E-state index is -0.236. The zero-order chi connectivity index (χ0) is 19.3. The number of rotatable bonds is 6. The number of benzene rings is 1. The van der Waals surface area contributed by atoms with Crippen LogP contribution in [0.5, 0.6) is 0 Å². The SMILES string of the molecule is C[C@H](Cc1nc(Cc2cnccn2)cc(-c2ccoc2)n1)c1ccc(F)cc1.Cl. The molecule has 7 heteroatoms. The van der Waals surface area contributed by atoms with Gasteiger partial charge in [0.25, 0.3) is 0 Å². The molecule has 29 heavy (non-hydrogen) atoms. The van der Waals surface area contributed by atoms with Crippen LogP contribution in [0.25, 0.3) is 11.3 Å². The van der Waals surface area contributed by atoms with Crippen LogP contribution < -0.4 is 0 Å². The lowest BCUT2D eigenvalue weighted by molar-refractivity contribution is 0.568. The van der Waals surface area contributed by atoms with Crippen molar-refractivity contribution >= 4 is 12.4 Å². The van der Waals surface area contributed by atoms with Gasteiger partial charge >= 0.3 is 0 Å². The van der Waals surface area contributed by atoms with Gasteiger partial charge in [0, 0.05) is 37.0 Å². The fourth-order valence-electron chi connectivity index (χ4n) is 3.08. The van der Waals surface area contributed by atoms with Crippen molar-refractivity contribution in [3.63, 3.8) is 0 Å². The van der Waals surface area contributed by atoms with Crippen LogP contribution in [0, 0.1) is 5.82 Å². The second-order valence-electron chi connectivity index (χ2n) is 6.70. The summed E-state index contributed by atoms with van der Waals surface area (Å²) in [6.07, 6.45) is 9.56. The number of hydrogen-bond donors (Lipinski definition) is 0. The summed E-state index contributed by atoms with van der Waals surface area (Å²) in [5.41, 5.74) is 4.47. The summed E-state index contributed by atoms with van der Waals surface area (Å²) in [7, 11) is 0. The number of halogens is 2. The molecule has 0 spiro atoms. The molecule has 0 aliphatic heterocycles. The Labute approximate surface area is 174 Å². The number of aromatic nitrogens is 4. The first-order chi connectivity index (χ1) is 13.7. The predicted octanol–water partition coefficient (Wildman–Crippen LogP) is 5.02. The smallest absolute Gasteiger partial charge is 0.129 e. The normalized spacial score (nSPS) is 11.7. The van der Waals surface area contributed by atoms with E-state index in [2.05, 4.69) is 16.9 Å². The third kappa shape index (κ3) is 5.23. The standard InChI is InChI=1S/C22H19FN4O.ClH/c1-15(16-2-4-18(23)5-3-16)10-22-26-19(11-20-13-24-7-8-25-20)12-21(27-22)17-6-9-28-14-17;/h2-9,12-15H,10-11H2,1H3;1H/t15-;/m1./s1. The van der Waals surface area contributed by atoms with Gasteiger partial charge in [-0.15, -0.1) is 12.4 Å². The van der Waals surface area contributed by atoms with Gasteiger partial charge in [-0.3, -0.25) is 9.97 Å². The molecule has 5 nitrogen and oxygen atoms in total. The molecule has 0 saturated carbocycles. The van der Waals surface area contributed by atoms with E-state index in [1.807, 2.05) is 12.1 Å². The molecule has 1 atom stereocenters. The van der Waals surface area contributed by atoms with Crippen LogP contribution in [0.3, 0.4) is 0 Å². The van der Waals surface area contributed by atoms with Crippen molar-refractivity contribution in [1.82, 2.24) is 19.9 Å². The molecule has 0 radical (unpaired) electrons. The van der Waals surface area contributed by atoms with E-state index in [-0.39, 0.29) is 24.1 Å². The van der Waals surface area contributed by atoms with Gasteiger partial charge in [-0.1, -0.05) is 19.1 Å². The summed E-state index contributed by atoms with van der Waals surface area (Å²) < 4.78 is 18.4. The Morgan fingerprint density at radius 3 is 2.55 bits per heavy atom. The average Bonchev–Trinajstić information content (AvgIpc) is 3.24. The molecule has 0 amide bonds. The Balaban J connectivity index is 0.00000240. The highest BCUT2D eigenvalue weighted by Gasteiger charge is 2.13. The van der Waals surface area contributed by atoms with Crippen molar-refractivity contribution in [3.8, 4) is 11.3 Å². The predicted molar refractivity (Wildman–Crippen MR) is 110 cm³/mol. The molecule has 1 aromatic carbocycles. The second-order valence-corrected chi connectivity index (χ2v) is 6.70. The summed E-state index contributed by atoms with van der Waals surface area (Å²) in [6.45, 7) is 2.09. The number of nitrogens with zero attached hydrogens (tertiary/aromatic N) is 4. The summed E-state index contributed by atoms with van der Waals surface area (Å²) in [5.74, 6) is 0.652. The van der Waals surface area contributed by atoms with Gasteiger partial charge in [-0.05, 0) is 35.7 Å². The van der Waals surface area contributed by atoms with E-state index >= 15 is 0 Å². The molecule has 0 aliphatic rings. The number of hydrogen-bond acceptors (Lipinski definition) is 5. The lowest BCUT2D eigenvalue weighted by atomic mass is 9.97. The molecule has 4 aromatic rings. The maximum Gasteiger partial charge on any atom is 0.129 e. The van der Waals surface area contributed by atoms with Crippen LogP contribution in [0.1, 0.15) is 35.6 Å². The highest BCUT2D eigenvalue weighted by atomic mass is 35.5. The largest absolute Gasteiger partial charge is 0.472 e. The van der Waals surface area contributed by atoms with Crippen LogP contribution in [-0.4, -0.2) is 19.9 Å². The third-order valence-electron chi connectivity index (χ3n) is 4.55. The molecule has 0 aliphatic carbocycles. The van der Waals surface area contributed by atoms with Gasteiger partial charge in [0.05, 0.1) is 29.6 Å². The van der Waals surface area contributed by atoms with Crippen LogP contribution >= 0.6 is 12.4 Å². The highest BCUT2D eigenvalue weighted by Crippen LogP contribution is 2.23. The van der Waals surface area contributed by atoms with Crippen LogP contribution in [-0.2, 0) is 12.8 Å². The molecule has 148 valence electrons. The van der Waals surface area contributed by atoms with Gasteiger partial charge < -0.3 is 4.42 Å². The summed E-state index contributed by atoms with van der Waals surface area (Å²) in [5, 5.41) is 0. The number of furan rings is 1. The first-order valence-corrected chi connectivity index (χ1v) is 9.07. The minimum absolute atomic E-state index is 0.